The number of rotatable bonds is 6. The molecule has 28 heavy (non-hydrogen) atoms. The van der Waals surface area contributed by atoms with Gasteiger partial charge in [0, 0.05) is 0 Å². The van der Waals surface area contributed by atoms with Crippen LogP contribution in [0.15, 0.2) is 60.7 Å². The number of aliphatic hydroxyl groups excluding tert-OH is 1. The standard InChI is InChI=1S/C24H30N2O2/c27-22-15-21(16-22)24(20-9-5-2-6-10-20)25-23(28)17-26-13-11-19(12-14-26)18-7-3-1-4-8-18/h1-10,19,21-22,24,27H,11-17H2,(H,25,28)/t21?,22?,24-/m0/s1. The molecule has 4 rings (SSSR count). The first kappa shape index (κ1) is 19.2. The summed E-state index contributed by atoms with van der Waals surface area (Å²) in [4.78, 5) is 15.0. The summed E-state index contributed by atoms with van der Waals surface area (Å²) in [5.41, 5.74) is 2.55. The average molecular weight is 379 g/mol. The molecule has 1 aliphatic carbocycles. The molecule has 2 aromatic carbocycles. The van der Waals surface area contributed by atoms with Crippen LogP contribution in [0.4, 0.5) is 0 Å². The first-order valence-corrected chi connectivity index (χ1v) is 10.5. The molecule has 148 valence electrons. The molecule has 0 radical (unpaired) electrons. The van der Waals surface area contributed by atoms with Crippen molar-refractivity contribution in [2.45, 2.75) is 43.7 Å². The van der Waals surface area contributed by atoms with E-state index in [9.17, 15) is 9.90 Å². The highest BCUT2D eigenvalue weighted by molar-refractivity contribution is 5.78. The van der Waals surface area contributed by atoms with Crippen molar-refractivity contribution in [2.24, 2.45) is 5.92 Å². The van der Waals surface area contributed by atoms with E-state index in [1.807, 2.05) is 18.2 Å². The fraction of sp³-hybridized carbons (Fsp3) is 0.458. The van der Waals surface area contributed by atoms with Gasteiger partial charge in [0.2, 0.25) is 5.91 Å². The summed E-state index contributed by atoms with van der Waals surface area (Å²) in [6.07, 6.45) is 3.53. The molecule has 0 spiro atoms. The Morgan fingerprint density at radius 1 is 1.00 bits per heavy atom. The zero-order valence-corrected chi connectivity index (χ0v) is 16.3. The third-order valence-electron chi connectivity index (χ3n) is 6.32. The third-order valence-corrected chi connectivity index (χ3v) is 6.32. The smallest absolute Gasteiger partial charge is 0.234 e. The van der Waals surface area contributed by atoms with Gasteiger partial charge >= 0.3 is 0 Å². The van der Waals surface area contributed by atoms with Crippen LogP contribution in [-0.4, -0.2) is 41.7 Å². The van der Waals surface area contributed by atoms with Crippen LogP contribution < -0.4 is 5.32 Å². The summed E-state index contributed by atoms with van der Waals surface area (Å²) in [7, 11) is 0. The number of benzene rings is 2. The molecule has 4 heteroatoms. The lowest BCUT2D eigenvalue weighted by molar-refractivity contribution is -0.124. The molecule has 1 amide bonds. The van der Waals surface area contributed by atoms with Gasteiger partial charge in [-0.05, 0) is 61.7 Å². The van der Waals surface area contributed by atoms with Gasteiger partial charge in [-0.2, -0.15) is 0 Å². The molecular weight excluding hydrogens is 348 g/mol. The normalized spacial score (nSPS) is 24.3. The Morgan fingerprint density at radius 2 is 1.61 bits per heavy atom. The van der Waals surface area contributed by atoms with Gasteiger partial charge in [0.15, 0.2) is 0 Å². The predicted octanol–water partition coefficient (Wildman–Crippen LogP) is 3.49. The summed E-state index contributed by atoms with van der Waals surface area (Å²) in [6.45, 7) is 2.39. The lowest BCUT2D eigenvalue weighted by Crippen LogP contribution is -2.46. The van der Waals surface area contributed by atoms with Crippen molar-refractivity contribution in [1.29, 1.82) is 0 Å². The number of carbonyl (C=O) groups is 1. The summed E-state index contributed by atoms with van der Waals surface area (Å²) in [5, 5.41) is 13.0. The highest BCUT2D eigenvalue weighted by atomic mass is 16.3. The summed E-state index contributed by atoms with van der Waals surface area (Å²) < 4.78 is 0. The Hall–Kier alpha value is -2.17. The molecule has 2 fully saturated rings. The van der Waals surface area contributed by atoms with Gasteiger partial charge in [-0.25, -0.2) is 0 Å². The lowest BCUT2D eigenvalue weighted by atomic mass is 9.75. The van der Waals surface area contributed by atoms with Crippen molar-refractivity contribution in [2.75, 3.05) is 19.6 Å². The molecule has 0 bridgehead atoms. The van der Waals surface area contributed by atoms with Crippen molar-refractivity contribution in [3.63, 3.8) is 0 Å². The van der Waals surface area contributed by atoms with E-state index in [1.54, 1.807) is 0 Å². The number of carbonyl (C=O) groups excluding carboxylic acids is 1. The van der Waals surface area contributed by atoms with Gasteiger partial charge in [-0.15, -0.1) is 0 Å². The van der Waals surface area contributed by atoms with E-state index in [0.29, 0.717) is 18.4 Å². The van der Waals surface area contributed by atoms with Crippen LogP contribution in [0.5, 0.6) is 0 Å². The Balaban J connectivity index is 1.31. The Labute approximate surface area is 167 Å². The summed E-state index contributed by atoms with van der Waals surface area (Å²) in [5.74, 6) is 1.02. The second-order valence-electron chi connectivity index (χ2n) is 8.30. The van der Waals surface area contributed by atoms with Crippen molar-refractivity contribution < 1.29 is 9.90 Å². The topological polar surface area (TPSA) is 52.6 Å². The second kappa shape index (κ2) is 8.89. The fourth-order valence-corrected chi connectivity index (χ4v) is 4.61. The van der Waals surface area contributed by atoms with Crippen molar-refractivity contribution in [1.82, 2.24) is 10.2 Å². The molecule has 1 atom stereocenters. The van der Waals surface area contributed by atoms with Crippen LogP contribution in [0.2, 0.25) is 0 Å². The van der Waals surface area contributed by atoms with E-state index in [0.717, 1.165) is 44.3 Å². The van der Waals surface area contributed by atoms with E-state index < -0.39 is 0 Å². The molecule has 1 saturated carbocycles. The Bertz CT molecular complexity index is 751. The van der Waals surface area contributed by atoms with Gasteiger partial charge in [0.05, 0.1) is 18.7 Å². The monoisotopic (exact) mass is 378 g/mol. The maximum atomic E-state index is 12.8. The minimum absolute atomic E-state index is 0.000965. The zero-order valence-electron chi connectivity index (χ0n) is 16.3. The number of hydrogen-bond acceptors (Lipinski definition) is 3. The number of likely N-dealkylation sites (tertiary alicyclic amines) is 1. The van der Waals surface area contributed by atoms with E-state index in [1.165, 1.54) is 5.56 Å². The third kappa shape index (κ3) is 4.62. The average Bonchev–Trinajstić information content (AvgIpc) is 2.72. The predicted molar refractivity (Wildman–Crippen MR) is 111 cm³/mol. The van der Waals surface area contributed by atoms with Crippen LogP contribution in [0, 0.1) is 5.92 Å². The lowest BCUT2D eigenvalue weighted by Gasteiger charge is -2.39. The number of aliphatic hydroxyl groups is 1. The number of nitrogens with one attached hydrogen (secondary N) is 1. The minimum atomic E-state index is -0.217. The number of hydrogen-bond donors (Lipinski definition) is 2. The molecule has 0 aromatic heterocycles. The van der Waals surface area contributed by atoms with Crippen LogP contribution in [-0.2, 0) is 4.79 Å². The highest BCUT2D eigenvalue weighted by Crippen LogP contribution is 2.38. The molecular formula is C24H30N2O2. The van der Waals surface area contributed by atoms with E-state index >= 15 is 0 Å². The molecule has 0 unspecified atom stereocenters. The molecule has 4 nitrogen and oxygen atoms in total. The van der Waals surface area contributed by atoms with Gasteiger partial charge in [-0.3, -0.25) is 9.69 Å². The fourth-order valence-electron chi connectivity index (χ4n) is 4.61. The highest BCUT2D eigenvalue weighted by Gasteiger charge is 2.35. The van der Waals surface area contributed by atoms with Crippen molar-refractivity contribution in [3.05, 3.63) is 71.8 Å². The van der Waals surface area contributed by atoms with E-state index in [2.05, 4.69) is 52.7 Å². The second-order valence-corrected chi connectivity index (χ2v) is 8.30. The van der Waals surface area contributed by atoms with Crippen molar-refractivity contribution >= 4 is 5.91 Å². The number of nitrogens with zero attached hydrogens (tertiary/aromatic N) is 1. The number of amides is 1. The Kier molecular flexibility index (Phi) is 6.08. The maximum Gasteiger partial charge on any atom is 0.234 e. The molecule has 1 saturated heterocycles. The maximum absolute atomic E-state index is 12.8. The minimum Gasteiger partial charge on any atom is -0.393 e. The molecule has 2 aromatic rings. The number of piperidine rings is 1. The summed E-state index contributed by atoms with van der Waals surface area (Å²) in [6, 6.07) is 20.9. The molecule has 2 aliphatic rings. The van der Waals surface area contributed by atoms with Gasteiger partial charge in [0.1, 0.15) is 0 Å². The molecule has 1 aliphatic heterocycles. The van der Waals surface area contributed by atoms with Crippen LogP contribution >= 0.6 is 0 Å². The van der Waals surface area contributed by atoms with Crippen LogP contribution in [0.3, 0.4) is 0 Å². The quantitative estimate of drug-likeness (QED) is 0.809. The molecule has 2 N–H and O–H groups in total. The zero-order chi connectivity index (χ0) is 19.3. The first-order chi connectivity index (χ1) is 13.7. The van der Waals surface area contributed by atoms with E-state index in [-0.39, 0.29) is 18.1 Å². The van der Waals surface area contributed by atoms with E-state index in [4.69, 9.17) is 0 Å². The SMILES string of the molecule is O=C(CN1CCC(c2ccccc2)CC1)N[C@@H](c1ccccc1)C1CC(O)C1. The molecule has 1 heterocycles. The van der Waals surface area contributed by atoms with Gasteiger partial charge in [0.25, 0.3) is 0 Å². The van der Waals surface area contributed by atoms with Gasteiger partial charge in [-0.1, -0.05) is 60.7 Å². The van der Waals surface area contributed by atoms with Crippen LogP contribution in [0.1, 0.15) is 48.8 Å². The Morgan fingerprint density at radius 3 is 2.21 bits per heavy atom. The first-order valence-electron chi connectivity index (χ1n) is 10.5. The largest absolute Gasteiger partial charge is 0.393 e. The van der Waals surface area contributed by atoms with Crippen molar-refractivity contribution in [3.8, 4) is 0 Å². The van der Waals surface area contributed by atoms with Crippen LogP contribution in [0.25, 0.3) is 0 Å². The van der Waals surface area contributed by atoms with Gasteiger partial charge < -0.3 is 10.4 Å². The summed E-state index contributed by atoms with van der Waals surface area (Å²) >= 11 is 0.